The molecule has 0 bridgehead atoms. The van der Waals surface area contributed by atoms with Gasteiger partial charge in [0.25, 0.3) is 10.0 Å². The summed E-state index contributed by atoms with van der Waals surface area (Å²) in [7, 11) is -1.36. The van der Waals surface area contributed by atoms with Crippen molar-refractivity contribution in [3.05, 3.63) is 78.0 Å². The normalized spacial score (nSPS) is 13.4. The van der Waals surface area contributed by atoms with E-state index < -0.39 is 21.8 Å². The standard InChI is InChI=1S/C25H22FN5O4S/c1-31-24(28-14-29-31)18-13-22(19(12-20(18)26)21-5-3-4-10-27-21)30-36(33,34)23-11-16(25(32)35-2)8-9-17(23)15-6-7-15/h3-5,8-15,30H,6-7H2,1-2H3. The van der Waals surface area contributed by atoms with Crippen LogP contribution >= 0.6 is 0 Å². The molecule has 184 valence electrons. The summed E-state index contributed by atoms with van der Waals surface area (Å²) < 4.78 is 51.5. The molecule has 1 saturated carbocycles. The van der Waals surface area contributed by atoms with Gasteiger partial charge in [-0.05, 0) is 60.7 Å². The Kier molecular flexibility index (Phi) is 6.00. The third kappa shape index (κ3) is 4.44. The van der Waals surface area contributed by atoms with Crippen molar-refractivity contribution in [2.45, 2.75) is 23.7 Å². The molecule has 0 unspecified atom stereocenters. The Labute approximate surface area is 207 Å². The number of methoxy groups -OCH3 is 1. The molecule has 5 rings (SSSR count). The Hall–Kier alpha value is -4.12. The fourth-order valence-corrected chi connectivity index (χ4v) is 5.44. The maximum atomic E-state index is 15.2. The number of hydrogen-bond acceptors (Lipinski definition) is 7. The van der Waals surface area contributed by atoms with Crippen molar-refractivity contribution in [3.63, 3.8) is 0 Å². The van der Waals surface area contributed by atoms with Crippen molar-refractivity contribution >= 4 is 21.7 Å². The molecule has 1 aliphatic carbocycles. The Balaban J connectivity index is 1.66. The van der Waals surface area contributed by atoms with E-state index in [-0.39, 0.29) is 39.0 Å². The lowest BCUT2D eigenvalue weighted by Crippen LogP contribution is -2.17. The van der Waals surface area contributed by atoms with Crippen LogP contribution in [0, 0.1) is 5.82 Å². The van der Waals surface area contributed by atoms with Crippen LogP contribution in [0.15, 0.2) is 66.0 Å². The van der Waals surface area contributed by atoms with E-state index in [1.807, 2.05) is 0 Å². The van der Waals surface area contributed by atoms with Crippen LogP contribution in [0.4, 0.5) is 10.1 Å². The van der Waals surface area contributed by atoms with Crippen molar-refractivity contribution in [1.29, 1.82) is 0 Å². The molecule has 2 aromatic heterocycles. The van der Waals surface area contributed by atoms with Crippen molar-refractivity contribution in [1.82, 2.24) is 19.7 Å². The second kappa shape index (κ2) is 9.15. The molecule has 1 aliphatic rings. The van der Waals surface area contributed by atoms with Crippen LogP contribution in [0.3, 0.4) is 0 Å². The van der Waals surface area contributed by atoms with Gasteiger partial charge in [0.1, 0.15) is 12.1 Å². The highest BCUT2D eigenvalue weighted by atomic mass is 32.2. The van der Waals surface area contributed by atoms with Gasteiger partial charge in [0.15, 0.2) is 5.82 Å². The number of carbonyl (C=O) groups is 1. The molecular weight excluding hydrogens is 485 g/mol. The van der Waals surface area contributed by atoms with E-state index in [4.69, 9.17) is 4.74 Å². The summed E-state index contributed by atoms with van der Waals surface area (Å²) >= 11 is 0. The predicted molar refractivity (Wildman–Crippen MR) is 130 cm³/mol. The Morgan fingerprint density at radius 2 is 1.92 bits per heavy atom. The molecule has 0 amide bonds. The molecule has 2 aromatic carbocycles. The third-order valence-electron chi connectivity index (χ3n) is 5.99. The van der Waals surface area contributed by atoms with Crippen LogP contribution < -0.4 is 4.72 Å². The largest absolute Gasteiger partial charge is 0.465 e. The Bertz CT molecular complexity index is 1570. The summed E-state index contributed by atoms with van der Waals surface area (Å²) in [5.74, 6) is -0.941. The number of benzene rings is 2. The summed E-state index contributed by atoms with van der Waals surface area (Å²) in [6, 6.07) is 12.2. The van der Waals surface area contributed by atoms with Crippen LogP contribution in [0.2, 0.25) is 0 Å². The molecule has 1 N–H and O–H groups in total. The number of aromatic nitrogens is 4. The van der Waals surface area contributed by atoms with Gasteiger partial charge >= 0.3 is 5.97 Å². The number of rotatable bonds is 7. The van der Waals surface area contributed by atoms with Gasteiger partial charge in [0, 0.05) is 18.8 Å². The van der Waals surface area contributed by atoms with Gasteiger partial charge in [-0.15, -0.1) is 0 Å². The molecule has 1 fully saturated rings. The molecule has 0 atom stereocenters. The van der Waals surface area contributed by atoms with E-state index in [0.717, 1.165) is 12.8 Å². The average molecular weight is 508 g/mol. The first-order chi connectivity index (χ1) is 17.3. The molecule has 4 aromatic rings. The third-order valence-corrected chi connectivity index (χ3v) is 7.41. The van der Waals surface area contributed by atoms with Crippen molar-refractivity contribution in [2.24, 2.45) is 7.05 Å². The van der Waals surface area contributed by atoms with E-state index in [0.29, 0.717) is 11.3 Å². The zero-order chi connectivity index (χ0) is 25.4. The number of aryl methyl sites for hydroxylation is 1. The molecule has 2 heterocycles. The zero-order valence-electron chi connectivity index (χ0n) is 19.5. The maximum Gasteiger partial charge on any atom is 0.337 e. The highest BCUT2D eigenvalue weighted by Crippen LogP contribution is 2.44. The first kappa shape index (κ1) is 23.6. The molecule has 0 saturated heterocycles. The Morgan fingerprint density at radius 3 is 2.56 bits per heavy atom. The molecular formula is C25H22FN5O4S. The minimum absolute atomic E-state index is 0.0237. The zero-order valence-corrected chi connectivity index (χ0v) is 20.3. The molecule has 11 heteroatoms. The number of anilines is 1. The van der Waals surface area contributed by atoms with Crippen molar-refractivity contribution < 1.29 is 22.3 Å². The second-order valence-corrected chi connectivity index (χ2v) is 10.1. The lowest BCUT2D eigenvalue weighted by atomic mass is 10.0. The SMILES string of the molecule is COC(=O)c1ccc(C2CC2)c(S(=O)(=O)Nc2cc(-c3ncnn3C)c(F)cc2-c2ccccn2)c1. The van der Waals surface area contributed by atoms with Crippen LogP contribution in [0.1, 0.15) is 34.7 Å². The van der Waals surface area contributed by atoms with Gasteiger partial charge in [-0.1, -0.05) is 12.1 Å². The van der Waals surface area contributed by atoms with Gasteiger partial charge in [-0.2, -0.15) is 5.10 Å². The lowest BCUT2D eigenvalue weighted by Gasteiger charge is -2.17. The number of ether oxygens (including phenoxy) is 1. The lowest BCUT2D eigenvalue weighted by molar-refractivity contribution is 0.0600. The smallest absolute Gasteiger partial charge is 0.337 e. The fraction of sp³-hybridized carbons (Fsp3) is 0.200. The van der Waals surface area contributed by atoms with Gasteiger partial charge in [-0.3, -0.25) is 9.71 Å². The minimum atomic E-state index is -4.20. The fourth-order valence-electron chi connectivity index (χ4n) is 4.05. The first-order valence-corrected chi connectivity index (χ1v) is 12.6. The minimum Gasteiger partial charge on any atom is -0.465 e. The molecule has 0 aliphatic heterocycles. The average Bonchev–Trinajstić information content (AvgIpc) is 3.64. The quantitative estimate of drug-likeness (QED) is 0.374. The summed E-state index contributed by atoms with van der Waals surface area (Å²) in [6.45, 7) is 0. The summed E-state index contributed by atoms with van der Waals surface area (Å²) in [4.78, 5) is 20.5. The van der Waals surface area contributed by atoms with Crippen LogP contribution in [0.25, 0.3) is 22.6 Å². The van der Waals surface area contributed by atoms with Crippen LogP contribution in [-0.4, -0.2) is 41.2 Å². The van der Waals surface area contributed by atoms with Crippen LogP contribution in [-0.2, 0) is 21.8 Å². The number of nitrogens with zero attached hydrogens (tertiary/aromatic N) is 4. The molecule has 36 heavy (non-hydrogen) atoms. The molecule has 9 nitrogen and oxygen atoms in total. The van der Waals surface area contributed by atoms with Gasteiger partial charge < -0.3 is 4.74 Å². The number of halogens is 1. The van der Waals surface area contributed by atoms with E-state index in [1.165, 1.54) is 42.5 Å². The second-order valence-electron chi connectivity index (χ2n) is 8.42. The van der Waals surface area contributed by atoms with E-state index in [2.05, 4.69) is 19.8 Å². The van der Waals surface area contributed by atoms with Gasteiger partial charge in [-0.25, -0.2) is 27.3 Å². The number of nitrogens with one attached hydrogen (secondary N) is 1. The van der Waals surface area contributed by atoms with Gasteiger partial charge in [0.2, 0.25) is 0 Å². The Morgan fingerprint density at radius 1 is 1.11 bits per heavy atom. The van der Waals surface area contributed by atoms with Crippen LogP contribution in [0.5, 0.6) is 0 Å². The van der Waals surface area contributed by atoms with E-state index >= 15 is 4.39 Å². The van der Waals surface area contributed by atoms with Crippen molar-refractivity contribution in [2.75, 3.05) is 11.8 Å². The number of hydrogen-bond donors (Lipinski definition) is 1. The summed E-state index contributed by atoms with van der Waals surface area (Å²) in [6.07, 6.45) is 4.52. The number of sulfonamides is 1. The van der Waals surface area contributed by atoms with Crippen molar-refractivity contribution in [3.8, 4) is 22.6 Å². The summed E-state index contributed by atoms with van der Waals surface area (Å²) in [5.41, 5.74) is 1.54. The highest BCUT2D eigenvalue weighted by molar-refractivity contribution is 7.92. The number of pyridine rings is 1. The number of carbonyl (C=O) groups excluding carboxylic acids is 1. The monoisotopic (exact) mass is 507 g/mol. The molecule has 0 spiro atoms. The van der Waals surface area contributed by atoms with Gasteiger partial charge in [0.05, 0.1) is 34.5 Å². The highest BCUT2D eigenvalue weighted by Gasteiger charge is 2.32. The maximum absolute atomic E-state index is 15.2. The number of esters is 1. The first-order valence-electron chi connectivity index (χ1n) is 11.1. The van der Waals surface area contributed by atoms with E-state index in [9.17, 15) is 13.2 Å². The van der Waals surface area contributed by atoms with E-state index in [1.54, 1.807) is 37.4 Å². The predicted octanol–water partition coefficient (Wildman–Crippen LogP) is 4.15. The topological polar surface area (TPSA) is 116 Å². The summed E-state index contributed by atoms with van der Waals surface area (Å²) in [5, 5.41) is 3.98. The molecule has 0 radical (unpaired) electrons.